The topological polar surface area (TPSA) is 69.7 Å². The molecule has 0 unspecified atom stereocenters. The number of aryl methyl sites for hydroxylation is 2. The molecule has 2 aromatic rings. The number of nitrogens with zero attached hydrogens (tertiary/aromatic N) is 2. The Kier molecular flexibility index (Phi) is 7.91. The molecule has 0 saturated heterocycles. The molecule has 6 nitrogen and oxygen atoms in total. The van der Waals surface area contributed by atoms with Gasteiger partial charge in [-0.3, -0.25) is 4.79 Å². The number of anilines is 1. The molecule has 0 aliphatic heterocycles. The minimum Gasteiger partial charge on any atom is -0.354 e. The Morgan fingerprint density at radius 2 is 1.75 bits per heavy atom. The third-order valence-corrected chi connectivity index (χ3v) is 6.92. The molecule has 0 bridgehead atoms. The number of amides is 1. The molecular formula is C20H27N3O3S2. The summed E-state index contributed by atoms with van der Waals surface area (Å²) in [6.07, 6.45) is 0. The van der Waals surface area contributed by atoms with Gasteiger partial charge < -0.3 is 5.32 Å². The molecular weight excluding hydrogens is 394 g/mol. The lowest BCUT2D eigenvalue weighted by Gasteiger charge is -2.28. The van der Waals surface area contributed by atoms with Gasteiger partial charge in [0.25, 0.3) is 0 Å². The van der Waals surface area contributed by atoms with E-state index in [1.807, 2.05) is 56.3 Å². The predicted molar refractivity (Wildman–Crippen MR) is 116 cm³/mol. The summed E-state index contributed by atoms with van der Waals surface area (Å²) < 4.78 is 27.9. The van der Waals surface area contributed by atoms with Gasteiger partial charge in [0, 0.05) is 31.3 Å². The lowest BCUT2D eigenvalue weighted by atomic mass is 10.1. The highest BCUT2D eigenvalue weighted by molar-refractivity contribution is 7.99. The number of rotatable bonds is 9. The minimum absolute atomic E-state index is 0.263. The summed E-state index contributed by atoms with van der Waals surface area (Å²) in [7, 11) is -0.879. The van der Waals surface area contributed by atoms with Crippen LogP contribution in [-0.2, 0) is 15.0 Å². The molecule has 1 N–H and O–H groups in total. The molecule has 0 saturated carbocycles. The van der Waals surface area contributed by atoms with Gasteiger partial charge in [-0.25, -0.2) is 4.31 Å². The summed E-state index contributed by atoms with van der Waals surface area (Å²) in [4.78, 5) is 13.6. The predicted octanol–water partition coefficient (Wildman–Crippen LogP) is 2.82. The van der Waals surface area contributed by atoms with E-state index in [4.69, 9.17) is 0 Å². The molecule has 0 fully saturated rings. The standard InChI is InChI=1S/C20H27N3O3S2/c1-16-10-11-17(2)19(14-16)23(28(25,26)22(3)4)15-20(24)21-12-13-27-18-8-6-5-7-9-18/h5-11,14H,12-13,15H2,1-4H3,(H,21,24). The van der Waals surface area contributed by atoms with Gasteiger partial charge in [0.15, 0.2) is 0 Å². The van der Waals surface area contributed by atoms with Crippen molar-refractivity contribution in [3.05, 3.63) is 59.7 Å². The lowest BCUT2D eigenvalue weighted by molar-refractivity contribution is -0.119. The van der Waals surface area contributed by atoms with Crippen LogP contribution >= 0.6 is 11.8 Å². The van der Waals surface area contributed by atoms with Crippen LogP contribution in [0.15, 0.2) is 53.4 Å². The number of hydrogen-bond donors (Lipinski definition) is 1. The van der Waals surface area contributed by atoms with E-state index in [0.29, 0.717) is 18.0 Å². The zero-order chi connectivity index (χ0) is 20.7. The lowest BCUT2D eigenvalue weighted by Crippen LogP contribution is -2.46. The fraction of sp³-hybridized carbons (Fsp3) is 0.350. The maximum atomic E-state index is 12.8. The normalized spacial score (nSPS) is 11.5. The molecule has 2 aromatic carbocycles. The number of carbonyl (C=O) groups is 1. The Balaban J connectivity index is 2.05. The SMILES string of the molecule is Cc1ccc(C)c(N(CC(=O)NCCSc2ccccc2)S(=O)(=O)N(C)C)c1. The Bertz CT molecular complexity index is 900. The monoisotopic (exact) mass is 421 g/mol. The fourth-order valence-electron chi connectivity index (χ4n) is 2.54. The van der Waals surface area contributed by atoms with Crippen molar-refractivity contribution >= 4 is 33.6 Å². The second kappa shape index (κ2) is 9.95. The van der Waals surface area contributed by atoms with Gasteiger partial charge in [0.1, 0.15) is 6.54 Å². The summed E-state index contributed by atoms with van der Waals surface area (Å²) >= 11 is 1.64. The van der Waals surface area contributed by atoms with Crippen LogP contribution in [0.25, 0.3) is 0 Å². The second-order valence-corrected chi connectivity index (χ2v) is 9.83. The van der Waals surface area contributed by atoms with Gasteiger partial charge in [0.05, 0.1) is 5.69 Å². The first-order chi connectivity index (χ1) is 13.2. The maximum Gasteiger partial charge on any atom is 0.304 e. The van der Waals surface area contributed by atoms with Crippen molar-refractivity contribution in [2.75, 3.05) is 37.2 Å². The summed E-state index contributed by atoms with van der Waals surface area (Å²) in [5, 5.41) is 2.81. The first-order valence-corrected chi connectivity index (χ1v) is 11.3. The number of carbonyl (C=O) groups excluding carboxylic acids is 1. The second-order valence-electron chi connectivity index (χ2n) is 6.60. The highest BCUT2D eigenvalue weighted by atomic mass is 32.2. The summed E-state index contributed by atoms with van der Waals surface area (Å²) in [6.45, 7) is 3.92. The summed E-state index contributed by atoms with van der Waals surface area (Å²) in [6, 6.07) is 15.5. The van der Waals surface area contributed by atoms with Crippen LogP contribution in [0.5, 0.6) is 0 Å². The average molecular weight is 422 g/mol. The Morgan fingerprint density at radius 3 is 2.39 bits per heavy atom. The largest absolute Gasteiger partial charge is 0.354 e. The maximum absolute atomic E-state index is 12.8. The molecule has 0 aliphatic carbocycles. The van der Waals surface area contributed by atoms with Crippen molar-refractivity contribution in [3.8, 4) is 0 Å². The number of hydrogen-bond acceptors (Lipinski definition) is 4. The average Bonchev–Trinajstić information content (AvgIpc) is 2.66. The molecule has 0 aromatic heterocycles. The molecule has 8 heteroatoms. The van der Waals surface area contributed by atoms with Gasteiger partial charge in [-0.1, -0.05) is 30.3 Å². The van der Waals surface area contributed by atoms with E-state index in [9.17, 15) is 13.2 Å². The summed E-state index contributed by atoms with van der Waals surface area (Å²) in [5.74, 6) is 0.375. The van der Waals surface area contributed by atoms with Crippen molar-refractivity contribution in [1.82, 2.24) is 9.62 Å². The van der Waals surface area contributed by atoms with Crippen LogP contribution in [0.1, 0.15) is 11.1 Å². The quantitative estimate of drug-likeness (QED) is 0.499. The zero-order valence-electron chi connectivity index (χ0n) is 16.7. The molecule has 152 valence electrons. The van der Waals surface area contributed by atoms with Crippen LogP contribution < -0.4 is 9.62 Å². The molecule has 0 heterocycles. The third-order valence-electron chi connectivity index (χ3n) is 4.10. The Morgan fingerprint density at radius 1 is 1.07 bits per heavy atom. The smallest absolute Gasteiger partial charge is 0.304 e. The molecule has 0 aliphatic rings. The van der Waals surface area contributed by atoms with Gasteiger partial charge in [-0.05, 0) is 43.2 Å². The first-order valence-electron chi connectivity index (χ1n) is 8.94. The van der Waals surface area contributed by atoms with E-state index in [1.54, 1.807) is 17.8 Å². The van der Waals surface area contributed by atoms with Gasteiger partial charge in [0.2, 0.25) is 5.91 Å². The van der Waals surface area contributed by atoms with E-state index in [-0.39, 0.29) is 12.5 Å². The van der Waals surface area contributed by atoms with E-state index in [2.05, 4.69) is 5.32 Å². The Hall–Kier alpha value is -2.03. The zero-order valence-corrected chi connectivity index (χ0v) is 18.3. The van der Waals surface area contributed by atoms with Crippen molar-refractivity contribution in [2.45, 2.75) is 18.7 Å². The van der Waals surface area contributed by atoms with Crippen LogP contribution in [0.4, 0.5) is 5.69 Å². The van der Waals surface area contributed by atoms with Crippen molar-refractivity contribution in [1.29, 1.82) is 0 Å². The molecule has 2 rings (SSSR count). The molecule has 0 atom stereocenters. The molecule has 0 spiro atoms. The molecule has 0 radical (unpaired) electrons. The van der Waals surface area contributed by atoms with Gasteiger partial charge in [-0.15, -0.1) is 11.8 Å². The third kappa shape index (κ3) is 5.98. The van der Waals surface area contributed by atoms with Crippen molar-refractivity contribution in [2.24, 2.45) is 0 Å². The highest BCUT2D eigenvalue weighted by Crippen LogP contribution is 2.25. The van der Waals surface area contributed by atoms with Crippen LogP contribution in [0.2, 0.25) is 0 Å². The van der Waals surface area contributed by atoms with E-state index in [1.165, 1.54) is 14.1 Å². The van der Waals surface area contributed by atoms with Gasteiger partial charge >= 0.3 is 10.2 Å². The van der Waals surface area contributed by atoms with Gasteiger partial charge in [-0.2, -0.15) is 12.7 Å². The summed E-state index contributed by atoms with van der Waals surface area (Å²) in [5.41, 5.74) is 2.24. The minimum atomic E-state index is -3.80. The van der Waals surface area contributed by atoms with Crippen molar-refractivity contribution < 1.29 is 13.2 Å². The van der Waals surface area contributed by atoms with Crippen LogP contribution in [0, 0.1) is 13.8 Å². The van der Waals surface area contributed by atoms with Crippen molar-refractivity contribution in [3.63, 3.8) is 0 Å². The number of nitrogens with one attached hydrogen (secondary N) is 1. The van der Waals surface area contributed by atoms with E-state index in [0.717, 1.165) is 24.6 Å². The van der Waals surface area contributed by atoms with E-state index >= 15 is 0 Å². The number of benzene rings is 2. The van der Waals surface area contributed by atoms with Crippen LogP contribution in [0.3, 0.4) is 0 Å². The molecule has 28 heavy (non-hydrogen) atoms. The fourth-order valence-corrected chi connectivity index (χ4v) is 4.45. The van der Waals surface area contributed by atoms with Crippen LogP contribution in [-0.4, -0.2) is 51.6 Å². The Labute approximate surface area is 172 Å². The highest BCUT2D eigenvalue weighted by Gasteiger charge is 2.28. The van der Waals surface area contributed by atoms with E-state index < -0.39 is 10.2 Å². The number of thioether (sulfide) groups is 1. The molecule has 1 amide bonds. The first kappa shape index (κ1) is 22.3.